The SMILES string of the molecule is C[C@@H](Cc1ccccc1)C(=O)NC(C)(C)C. The lowest BCUT2D eigenvalue weighted by Gasteiger charge is -2.23. The molecule has 2 heteroatoms. The van der Waals surface area contributed by atoms with E-state index in [2.05, 4.69) is 17.4 Å². The van der Waals surface area contributed by atoms with Crippen molar-refractivity contribution in [2.24, 2.45) is 5.92 Å². The van der Waals surface area contributed by atoms with Gasteiger partial charge < -0.3 is 5.32 Å². The minimum absolute atomic E-state index is 0.0154. The zero-order valence-corrected chi connectivity index (χ0v) is 10.6. The highest BCUT2D eigenvalue weighted by Gasteiger charge is 2.19. The van der Waals surface area contributed by atoms with E-state index in [1.807, 2.05) is 45.9 Å². The average Bonchev–Trinajstić information content (AvgIpc) is 2.16. The van der Waals surface area contributed by atoms with Gasteiger partial charge in [-0.15, -0.1) is 0 Å². The van der Waals surface area contributed by atoms with Crippen molar-refractivity contribution in [3.63, 3.8) is 0 Å². The molecule has 0 aliphatic heterocycles. The maximum atomic E-state index is 11.9. The van der Waals surface area contributed by atoms with Gasteiger partial charge in [-0.3, -0.25) is 4.79 Å². The topological polar surface area (TPSA) is 29.1 Å². The highest BCUT2D eigenvalue weighted by atomic mass is 16.2. The van der Waals surface area contributed by atoms with Crippen LogP contribution in [0.25, 0.3) is 0 Å². The molecule has 0 saturated heterocycles. The van der Waals surface area contributed by atoms with Crippen LogP contribution in [0.3, 0.4) is 0 Å². The second-order valence-electron chi connectivity index (χ2n) is 5.33. The minimum Gasteiger partial charge on any atom is -0.351 e. The number of rotatable bonds is 3. The average molecular weight is 219 g/mol. The number of benzene rings is 1. The van der Waals surface area contributed by atoms with Crippen LogP contribution < -0.4 is 5.32 Å². The van der Waals surface area contributed by atoms with Crippen molar-refractivity contribution in [3.05, 3.63) is 35.9 Å². The van der Waals surface area contributed by atoms with E-state index in [0.717, 1.165) is 6.42 Å². The third-order valence-corrected chi connectivity index (χ3v) is 2.33. The normalized spacial score (nSPS) is 13.2. The zero-order chi connectivity index (χ0) is 12.2. The van der Waals surface area contributed by atoms with Crippen LogP contribution >= 0.6 is 0 Å². The number of carbonyl (C=O) groups is 1. The van der Waals surface area contributed by atoms with E-state index >= 15 is 0 Å². The summed E-state index contributed by atoms with van der Waals surface area (Å²) >= 11 is 0. The maximum Gasteiger partial charge on any atom is 0.223 e. The molecule has 0 fully saturated rings. The zero-order valence-electron chi connectivity index (χ0n) is 10.6. The molecular formula is C14H21NO. The van der Waals surface area contributed by atoms with Crippen LogP contribution in [0.15, 0.2) is 30.3 Å². The molecule has 1 rings (SSSR count). The van der Waals surface area contributed by atoms with E-state index in [9.17, 15) is 4.79 Å². The first-order chi connectivity index (χ1) is 7.38. The van der Waals surface area contributed by atoms with E-state index in [-0.39, 0.29) is 17.4 Å². The molecule has 1 aromatic carbocycles. The first-order valence-corrected chi connectivity index (χ1v) is 5.74. The Kier molecular flexibility index (Phi) is 4.11. The summed E-state index contributed by atoms with van der Waals surface area (Å²) < 4.78 is 0. The molecule has 0 radical (unpaired) electrons. The van der Waals surface area contributed by atoms with Crippen molar-refractivity contribution in [3.8, 4) is 0 Å². The summed E-state index contributed by atoms with van der Waals surface area (Å²) in [4.78, 5) is 11.9. The molecule has 0 unspecified atom stereocenters. The Balaban J connectivity index is 2.53. The van der Waals surface area contributed by atoms with Gasteiger partial charge in [0.15, 0.2) is 0 Å². The van der Waals surface area contributed by atoms with E-state index in [1.54, 1.807) is 0 Å². The lowest BCUT2D eigenvalue weighted by atomic mass is 9.99. The number of hydrogen-bond acceptors (Lipinski definition) is 1. The monoisotopic (exact) mass is 219 g/mol. The van der Waals surface area contributed by atoms with Gasteiger partial charge in [0.25, 0.3) is 0 Å². The minimum atomic E-state index is -0.151. The summed E-state index contributed by atoms with van der Waals surface area (Å²) in [7, 11) is 0. The second kappa shape index (κ2) is 5.15. The molecule has 88 valence electrons. The molecule has 1 N–H and O–H groups in total. The Morgan fingerprint density at radius 2 is 1.81 bits per heavy atom. The Morgan fingerprint density at radius 1 is 1.25 bits per heavy atom. The standard InChI is InChI=1S/C14H21NO/c1-11(13(16)15-14(2,3)4)10-12-8-6-5-7-9-12/h5-9,11H,10H2,1-4H3,(H,15,16)/t11-/m0/s1. The van der Waals surface area contributed by atoms with Gasteiger partial charge >= 0.3 is 0 Å². The van der Waals surface area contributed by atoms with Crippen LogP contribution in [-0.4, -0.2) is 11.4 Å². The number of hydrogen-bond donors (Lipinski definition) is 1. The molecule has 2 nitrogen and oxygen atoms in total. The first kappa shape index (κ1) is 12.8. The summed E-state index contributed by atoms with van der Waals surface area (Å²) in [6.07, 6.45) is 0.794. The maximum absolute atomic E-state index is 11.9. The molecule has 0 aliphatic rings. The van der Waals surface area contributed by atoms with Crippen molar-refractivity contribution >= 4 is 5.91 Å². The fourth-order valence-electron chi connectivity index (χ4n) is 1.55. The molecule has 16 heavy (non-hydrogen) atoms. The lowest BCUT2D eigenvalue weighted by molar-refractivity contribution is -0.125. The fraction of sp³-hybridized carbons (Fsp3) is 0.500. The fourth-order valence-corrected chi connectivity index (χ4v) is 1.55. The van der Waals surface area contributed by atoms with E-state index < -0.39 is 0 Å². The van der Waals surface area contributed by atoms with E-state index in [1.165, 1.54) is 5.56 Å². The molecule has 1 atom stereocenters. The van der Waals surface area contributed by atoms with Crippen LogP contribution in [0.1, 0.15) is 33.3 Å². The molecule has 0 bridgehead atoms. The van der Waals surface area contributed by atoms with Crippen molar-refractivity contribution in [2.75, 3.05) is 0 Å². The lowest BCUT2D eigenvalue weighted by Crippen LogP contribution is -2.43. The smallest absolute Gasteiger partial charge is 0.223 e. The van der Waals surface area contributed by atoms with E-state index in [4.69, 9.17) is 0 Å². The van der Waals surface area contributed by atoms with Crippen molar-refractivity contribution in [1.29, 1.82) is 0 Å². The molecule has 1 aromatic rings. The van der Waals surface area contributed by atoms with Crippen molar-refractivity contribution in [2.45, 2.75) is 39.7 Å². The summed E-state index contributed by atoms with van der Waals surface area (Å²) in [5, 5.41) is 3.00. The van der Waals surface area contributed by atoms with Gasteiger partial charge in [-0.2, -0.15) is 0 Å². The molecule has 0 aliphatic carbocycles. The summed E-state index contributed by atoms with van der Waals surface area (Å²) in [6.45, 7) is 7.97. The van der Waals surface area contributed by atoms with Crippen molar-refractivity contribution in [1.82, 2.24) is 5.32 Å². The summed E-state index contributed by atoms with van der Waals surface area (Å²) in [5.41, 5.74) is 1.06. The van der Waals surface area contributed by atoms with E-state index in [0.29, 0.717) is 0 Å². The Morgan fingerprint density at radius 3 is 2.31 bits per heavy atom. The molecule has 0 spiro atoms. The molecule has 0 aromatic heterocycles. The van der Waals surface area contributed by atoms with Gasteiger partial charge in [-0.05, 0) is 32.8 Å². The van der Waals surface area contributed by atoms with Gasteiger partial charge in [-0.1, -0.05) is 37.3 Å². The van der Waals surface area contributed by atoms with Gasteiger partial charge in [-0.25, -0.2) is 0 Å². The first-order valence-electron chi connectivity index (χ1n) is 5.74. The third-order valence-electron chi connectivity index (χ3n) is 2.33. The Labute approximate surface area is 98.1 Å². The van der Waals surface area contributed by atoms with Crippen LogP contribution in [0.4, 0.5) is 0 Å². The third kappa shape index (κ3) is 4.47. The number of nitrogens with one attached hydrogen (secondary N) is 1. The number of carbonyl (C=O) groups excluding carboxylic acids is 1. The largest absolute Gasteiger partial charge is 0.351 e. The highest BCUT2D eigenvalue weighted by Crippen LogP contribution is 2.10. The van der Waals surface area contributed by atoms with Gasteiger partial charge in [0, 0.05) is 11.5 Å². The van der Waals surface area contributed by atoms with Gasteiger partial charge in [0.05, 0.1) is 0 Å². The Bertz CT molecular complexity index is 338. The van der Waals surface area contributed by atoms with Crippen LogP contribution in [0.2, 0.25) is 0 Å². The molecular weight excluding hydrogens is 198 g/mol. The van der Waals surface area contributed by atoms with Gasteiger partial charge in [0.2, 0.25) is 5.91 Å². The van der Waals surface area contributed by atoms with Gasteiger partial charge in [0.1, 0.15) is 0 Å². The summed E-state index contributed by atoms with van der Waals surface area (Å²) in [6, 6.07) is 10.1. The Hall–Kier alpha value is -1.31. The van der Waals surface area contributed by atoms with Crippen molar-refractivity contribution < 1.29 is 4.79 Å². The summed E-state index contributed by atoms with van der Waals surface area (Å²) in [5.74, 6) is 0.137. The molecule has 1 amide bonds. The second-order valence-corrected chi connectivity index (χ2v) is 5.33. The van der Waals surface area contributed by atoms with Crippen LogP contribution in [0.5, 0.6) is 0 Å². The quantitative estimate of drug-likeness (QED) is 0.832. The molecule has 0 saturated carbocycles. The molecule has 0 heterocycles. The van der Waals surface area contributed by atoms with Crippen LogP contribution in [-0.2, 0) is 11.2 Å². The van der Waals surface area contributed by atoms with Crippen LogP contribution in [0, 0.1) is 5.92 Å². The predicted molar refractivity (Wildman–Crippen MR) is 67.2 cm³/mol. The number of amides is 1. The predicted octanol–water partition coefficient (Wildman–Crippen LogP) is 2.78. The highest BCUT2D eigenvalue weighted by molar-refractivity contribution is 5.79.